The Morgan fingerprint density at radius 2 is 1.90 bits per heavy atom. The first kappa shape index (κ1) is 22.3. The van der Waals surface area contributed by atoms with E-state index in [-0.39, 0.29) is 11.3 Å². The van der Waals surface area contributed by atoms with Crippen molar-refractivity contribution in [2.45, 2.75) is 19.3 Å². The molecule has 0 unspecified atom stereocenters. The number of benzene rings is 1. The van der Waals surface area contributed by atoms with Crippen LogP contribution in [0.5, 0.6) is 0 Å². The topological polar surface area (TPSA) is 107 Å². The van der Waals surface area contributed by atoms with Gasteiger partial charge in [0.25, 0.3) is 11.2 Å². The summed E-state index contributed by atoms with van der Waals surface area (Å²) in [6, 6.07) is 5.83. The molecule has 0 aliphatic carbocycles. The molecular formula is C19H19F3N4O5. The van der Waals surface area contributed by atoms with Gasteiger partial charge in [-0.3, -0.25) is 24.3 Å². The molecule has 0 saturated carbocycles. The van der Waals surface area contributed by atoms with E-state index < -0.39 is 41.2 Å². The third-order valence-corrected chi connectivity index (χ3v) is 4.74. The molecule has 166 valence electrons. The number of alkyl halides is 3. The van der Waals surface area contributed by atoms with Crippen molar-refractivity contribution in [1.29, 1.82) is 0 Å². The van der Waals surface area contributed by atoms with E-state index in [0.717, 1.165) is 29.0 Å². The third kappa shape index (κ3) is 5.60. The zero-order chi connectivity index (χ0) is 22.6. The van der Waals surface area contributed by atoms with Crippen LogP contribution in [0.25, 0.3) is 0 Å². The second-order valence-corrected chi connectivity index (χ2v) is 6.83. The summed E-state index contributed by atoms with van der Waals surface area (Å²) in [5.74, 6) is -0.757. The Morgan fingerprint density at radius 3 is 2.55 bits per heavy atom. The van der Waals surface area contributed by atoms with Gasteiger partial charge in [-0.25, -0.2) is 0 Å². The number of carbonyl (C=O) groups is 1. The molecule has 31 heavy (non-hydrogen) atoms. The normalized spacial score (nSPS) is 14.4. The van der Waals surface area contributed by atoms with Crippen molar-refractivity contribution in [3.05, 3.63) is 68.1 Å². The Kier molecular flexibility index (Phi) is 6.59. The molecule has 1 aliphatic rings. The number of halogens is 3. The quantitative estimate of drug-likeness (QED) is 0.544. The number of hydrogen-bond acceptors (Lipinski definition) is 6. The number of rotatable bonds is 6. The summed E-state index contributed by atoms with van der Waals surface area (Å²) < 4.78 is 46.8. The standard InChI is InChI=1S/C19H19F3N4O5/c20-19(21,22)16-9-14(24-5-7-31-8-6-24)2-1-13(16)10-23-17(27)12-25-11-15(26(29)30)3-4-18(25)28/h1-4,9,11H,5-8,10,12H2,(H,23,27). The van der Waals surface area contributed by atoms with Gasteiger partial charge in [-0.05, 0) is 17.7 Å². The predicted octanol–water partition coefficient (Wildman–Crippen LogP) is 1.93. The van der Waals surface area contributed by atoms with Crippen molar-refractivity contribution < 1.29 is 27.6 Å². The van der Waals surface area contributed by atoms with Crippen LogP contribution in [0.4, 0.5) is 24.5 Å². The molecule has 1 N–H and O–H groups in total. The summed E-state index contributed by atoms with van der Waals surface area (Å²) in [6.07, 6.45) is -3.72. The molecule has 1 aromatic carbocycles. The van der Waals surface area contributed by atoms with Gasteiger partial charge in [0.2, 0.25) is 5.91 Å². The number of hydrogen-bond donors (Lipinski definition) is 1. The maximum atomic E-state index is 13.6. The Hall–Kier alpha value is -3.41. The highest BCUT2D eigenvalue weighted by Crippen LogP contribution is 2.35. The second-order valence-electron chi connectivity index (χ2n) is 6.83. The Balaban J connectivity index is 1.73. The lowest BCUT2D eigenvalue weighted by Crippen LogP contribution is -2.36. The summed E-state index contributed by atoms with van der Waals surface area (Å²) in [6.45, 7) is 0.831. The lowest BCUT2D eigenvalue weighted by molar-refractivity contribution is -0.385. The highest BCUT2D eigenvalue weighted by atomic mass is 19.4. The van der Waals surface area contributed by atoms with Crippen LogP contribution >= 0.6 is 0 Å². The van der Waals surface area contributed by atoms with E-state index in [9.17, 15) is 32.9 Å². The van der Waals surface area contributed by atoms with Gasteiger partial charge in [-0.1, -0.05) is 6.07 Å². The molecule has 2 aromatic rings. The van der Waals surface area contributed by atoms with E-state index in [2.05, 4.69) is 5.32 Å². The highest BCUT2D eigenvalue weighted by molar-refractivity contribution is 5.75. The molecule has 1 fully saturated rings. The third-order valence-electron chi connectivity index (χ3n) is 4.74. The Labute approximate surface area is 174 Å². The molecule has 0 spiro atoms. The monoisotopic (exact) mass is 440 g/mol. The number of nitrogens with zero attached hydrogens (tertiary/aromatic N) is 3. The molecule has 0 radical (unpaired) electrons. The molecule has 9 nitrogen and oxygen atoms in total. The van der Waals surface area contributed by atoms with Crippen molar-refractivity contribution in [1.82, 2.24) is 9.88 Å². The summed E-state index contributed by atoms with van der Waals surface area (Å²) in [5, 5.41) is 13.1. The number of carbonyl (C=O) groups excluding carboxylic acids is 1. The van der Waals surface area contributed by atoms with E-state index >= 15 is 0 Å². The van der Waals surface area contributed by atoms with Gasteiger partial charge < -0.3 is 15.0 Å². The second kappa shape index (κ2) is 9.16. The van der Waals surface area contributed by atoms with E-state index in [4.69, 9.17) is 4.74 Å². The van der Waals surface area contributed by atoms with Crippen LogP contribution in [-0.4, -0.2) is 41.7 Å². The molecular weight excluding hydrogens is 421 g/mol. The van der Waals surface area contributed by atoms with E-state index in [0.29, 0.717) is 32.0 Å². The smallest absolute Gasteiger partial charge is 0.378 e. The maximum absolute atomic E-state index is 13.6. The van der Waals surface area contributed by atoms with Gasteiger partial charge in [0.15, 0.2) is 0 Å². The van der Waals surface area contributed by atoms with E-state index in [1.807, 2.05) is 0 Å². The average Bonchev–Trinajstić information content (AvgIpc) is 2.73. The first-order valence-electron chi connectivity index (χ1n) is 9.29. The minimum Gasteiger partial charge on any atom is -0.378 e. The lowest BCUT2D eigenvalue weighted by atomic mass is 10.0. The van der Waals surface area contributed by atoms with Crippen LogP contribution in [0.3, 0.4) is 0 Å². The van der Waals surface area contributed by atoms with Crippen molar-refractivity contribution in [3.8, 4) is 0 Å². The maximum Gasteiger partial charge on any atom is 0.416 e. The molecule has 1 saturated heterocycles. The molecule has 0 bridgehead atoms. The number of nitrogens with one attached hydrogen (secondary N) is 1. The van der Waals surface area contributed by atoms with Crippen LogP contribution < -0.4 is 15.8 Å². The fourth-order valence-electron chi connectivity index (χ4n) is 3.16. The number of pyridine rings is 1. The van der Waals surface area contributed by atoms with Gasteiger partial charge in [-0.15, -0.1) is 0 Å². The fourth-order valence-corrected chi connectivity index (χ4v) is 3.16. The van der Waals surface area contributed by atoms with Crippen LogP contribution in [-0.2, 0) is 28.8 Å². The number of aromatic nitrogens is 1. The van der Waals surface area contributed by atoms with Crippen molar-refractivity contribution in [3.63, 3.8) is 0 Å². The summed E-state index contributed by atoms with van der Waals surface area (Å²) in [4.78, 5) is 35.8. The Morgan fingerprint density at radius 1 is 1.19 bits per heavy atom. The first-order valence-corrected chi connectivity index (χ1v) is 9.29. The molecule has 1 aliphatic heterocycles. The zero-order valence-corrected chi connectivity index (χ0v) is 16.2. The van der Waals surface area contributed by atoms with Gasteiger partial charge in [-0.2, -0.15) is 13.2 Å². The molecule has 12 heteroatoms. The van der Waals surface area contributed by atoms with Crippen LogP contribution in [0, 0.1) is 10.1 Å². The number of morpholine rings is 1. The van der Waals surface area contributed by atoms with E-state index in [1.165, 1.54) is 6.07 Å². The van der Waals surface area contributed by atoms with Gasteiger partial charge in [0.05, 0.1) is 29.9 Å². The van der Waals surface area contributed by atoms with Crippen molar-refractivity contribution >= 4 is 17.3 Å². The SMILES string of the molecule is O=C(Cn1cc([N+](=O)[O-])ccc1=O)NCc1ccc(N2CCOCC2)cc1C(F)(F)F. The minimum absolute atomic E-state index is 0.135. The molecule has 0 atom stereocenters. The van der Waals surface area contributed by atoms with E-state index in [1.54, 1.807) is 11.0 Å². The number of anilines is 1. The van der Waals surface area contributed by atoms with Crippen molar-refractivity contribution in [2.24, 2.45) is 0 Å². The van der Waals surface area contributed by atoms with Gasteiger partial charge in [0.1, 0.15) is 6.54 Å². The first-order chi connectivity index (χ1) is 14.6. The minimum atomic E-state index is -4.63. The number of nitro groups is 1. The molecule has 3 rings (SSSR count). The highest BCUT2D eigenvalue weighted by Gasteiger charge is 2.34. The van der Waals surface area contributed by atoms with Crippen LogP contribution in [0.2, 0.25) is 0 Å². The molecule has 1 amide bonds. The Bertz CT molecular complexity index is 1030. The number of amides is 1. The summed E-state index contributed by atoms with van der Waals surface area (Å²) >= 11 is 0. The number of ether oxygens (including phenoxy) is 1. The fraction of sp³-hybridized carbons (Fsp3) is 0.368. The molecule has 1 aromatic heterocycles. The molecule has 2 heterocycles. The summed E-state index contributed by atoms with van der Waals surface area (Å²) in [5.41, 5.74) is -1.63. The summed E-state index contributed by atoms with van der Waals surface area (Å²) in [7, 11) is 0. The predicted molar refractivity (Wildman–Crippen MR) is 104 cm³/mol. The van der Waals surface area contributed by atoms with Crippen molar-refractivity contribution in [2.75, 3.05) is 31.2 Å². The largest absolute Gasteiger partial charge is 0.416 e. The zero-order valence-electron chi connectivity index (χ0n) is 16.2. The van der Waals surface area contributed by atoms with Gasteiger partial charge >= 0.3 is 6.18 Å². The van der Waals surface area contributed by atoms with Crippen LogP contribution in [0.1, 0.15) is 11.1 Å². The average molecular weight is 440 g/mol. The lowest BCUT2D eigenvalue weighted by Gasteiger charge is -2.29. The van der Waals surface area contributed by atoms with Gasteiger partial charge in [0, 0.05) is 37.5 Å². The van der Waals surface area contributed by atoms with Crippen LogP contribution in [0.15, 0.2) is 41.3 Å².